The number of carbonyl (C=O) groups is 3. The van der Waals surface area contributed by atoms with E-state index in [1.807, 2.05) is 18.2 Å². The van der Waals surface area contributed by atoms with Gasteiger partial charge >= 0.3 is 0 Å². The summed E-state index contributed by atoms with van der Waals surface area (Å²) in [7, 11) is -4.24. The fourth-order valence-corrected chi connectivity index (χ4v) is 7.89. The van der Waals surface area contributed by atoms with Crippen molar-refractivity contribution >= 4 is 65.9 Å². The highest BCUT2D eigenvalue weighted by Crippen LogP contribution is 2.26. The molecule has 1 fully saturated rings. The van der Waals surface area contributed by atoms with E-state index in [0.717, 1.165) is 4.70 Å². The van der Waals surface area contributed by atoms with Gasteiger partial charge in [0.05, 0.1) is 27.8 Å². The zero-order valence-corrected chi connectivity index (χ0v) is 26.5. The molecule has 1 aliphatic heterocycles. The number of guanidine groups is 1. The van der Waals surface area contributed by atoms with E-state index in [0.29, 0.717) is 35.6 Å². The third-order valence-electron chi connectivity index (χ3n) is 7.74. The number of Topliss-reactive ketones (excluding diaryl/α,β-unsaturated/α-hetero) is 1. The summed E-state index contributed by atoms with van der Waals surface area (Å²) in [6.45, 7) is -0.410. The maximum atomic E-state index is 13.6. The molecule has 13 nitrogen and oxygen atoms in total. The SMILES string of the molecule is NC(N)=NCCCC(NC(=O)C1CCCN1C(=O)C(CO)NS(=O)(=O)c1cccc2ccccc12)C(=O)c1nc2ccccc2s1. The summed E-state index contributed by atoms with van der Waals surface area (Å²) >= 11 is 1.22. The van der Waals surface area contributed by atoms with E-state index in [-0.39, 0.29) is 41.2 Å². The first-order chi connectivity index (χ1) is 22.1. The second-order valence-electron chi connectivity index (χ2n) is 10.9. The lowest BCUT2D eigenvalue weighted by molar-refractivity contribution is -0.140. The normalized spacial score (nSPS) is 16.3. The van der Waals surface area contributed by atoms with E-state index in [9.17, 15) is 27.9 Å². The first-order valence-corrected chi connectivity index (χ1v) is 17.1. The van der Waals surface area contributed by atoms with E-state index < -0.39 is 46.6 Å². The van der Waals surface area contributed by atoms with Crippen LogP contribution in [0.25, 0.3) is 21.0 Å². The van der Waals surface area contributed by atoms with Crippen molar-refractivity contribution < 1.29 is 27.9 Å². The van der Waals surface area contributed by atoms with E-state index in [1.165, 1.54) is 22.3 Å². The number of likely N-dealkylation sites (tertiary alicyclic amines) is 1. The number of hydrogen-bond acceptors (Lipinski definition) is 9. The van der Waals surface area contributed by atoms with Crippen LogP contribution in [0.4, 0.5) is 0 Å². The Morgan fingerprint density at radius 3 is 2.54 bits per heavy atom. The number of fused-ring (bicyclic) bond motifs is 2. The standard InChI is InChI=1S/C31H35N7O6S2/c32-31(33)34-16-6-12-22(27(40)29-36-21-11-3-4-14-25(21)45-29)35-28(41)24-13-7-17-38(24)30(42)23(18-39)37-46(43,44)26-15-5-9-19-8-1-2-10-20(19)26/h1-5,8-11,14-15,22-24,37,39H,6-7,12-13,16-18H2,(H,35,41)(H4,32,33,34). The molecule has 0 spiro atoms. The molecule has 0 saturated carbocycles. The molecule has 46 heavy (non-hydrogen) atoms. The lowest BCUT2D eigenvalue weighted by Gasteiger charge is -2.29. The molecule has 2 amide bonds. The Balaban J connectivity index is 1.32. The largest absolute Gasteiger partial charge is 0.394 e. The predicted octanol–water partition coefficient (Wildman–Crippen LogP) is 1.50. The minimum atomic E-state index is -4.24. The van der Waals surface area contributed by atoms with Crippen LogP contribution in [-0.2, 0) is 19.6 Å². The second kappa shape index (κ2) is 14.3. The van der Waals surface area contributed by atoms with Gasteiger partial charge in [0.2, 0.25) is 27.6 Å². The molecule has 0 bridgehead atoms. The monoisotopic (exact) mass is 665 g/mol. The van der Waals surface area contributed by atoms with Crippen LogP contribution < -0.4 is 21.5 Å². The third kappa shape index (κ3) is 7.33. The number of sulfonamides is 1. The molecule has 3 atom stereocenters. The number of hydrogen-bond donors (Lipinski definition) is 5. The second-order valence-corrected chi connectivity index (χ2v) is 13.6. The van der Waals surface area contributed by atoms with Crippen LogP contribution in [0.3, 0.4) is 0 Å². The number of amides is 2. The van der Waals surface area contributed by atoms with Gasteiger partial charge in [0.1, 0.15) is 12.1 Å². The molecule has 4 aromatic rings. The smallest absolute Gasteiger partial charge is 0.243 e. The fraction of sp³-hybridized carbons (Fsp3) is 0.323. The number of aliphatic hydroxyl groups is 1. The topological polar surface area (TPSA) is 210 Å². The Labute approximate surface area is 269 Å². The zero-order chi connectivity index (χ0) is 32.8. The molecule has 5 rings (SSSR count). The van der Waals surface area contributed by atoms with Crippen LogP contribution in [0, 0.1) is 0 Å². The molecular weight excluding hydrogens is 631 g/mol. The molecule has 3 unspecified atom stereocenters. The van der Waals surface area contributed by atoms with Gasteiger partial charge in [0, 0.05) is 18.5 Å². The van der Waals surface area contributed by atoms with Crippen molar-refractivity contribution in [3.05, 3.63) is 71.7 Å². The van der Waals surface area contributed by atoms with Crippen LogP contribution in [0.2, 0.25) is 0 Å². The number of ketones is 1. The van der Waals surface area contributed by atoms with Crippen molar-refractivity contribution in [2.45, 2.75) is 48.7 Å². The van der Waals surface area contributed by atoms with E-state index in [1.54, 1.807) is 42.5 Å². The summed E-state index contributed by atoms with van der Waals surface area (Å²) in [5, 5.41) is 14.3. The lowest BCUT2D eigenvalue weighted by Crippen LogP contribution is -2.56. The molecular formula is C31H35N7O6S2. The average Bonchev–Trinajstić information content (AvgIpc) is 3.72. The fourth-order valence-electron chi connectivity index (χ4n) is 5.52. The summed E-state index contributed by atoms with van der Waals surface area (Å²) in [6.07, 6.45) is 1.36. The number of para-hydroxylation sites is 1. The molecule has 0 radical (unpaired) electrons. The lowest BCUT2D eigenvalue weighted by atomic mass is 10.1. The molecule has 1 aliphatic rings. The highest BCUT2D eigenvalue weighted by molar-refractivity contribution is 7.89. The van der Waals surface area contributed by atoms with Gasteiger partial charge in [-0.1, -0.05) is 48.5 Å². The Morgan fingerprint density at radius 2 is 1.78 bits per heavy atom. The van der Waals surface area contributed by atoms with E-state index in [2.05, 4.69) is 20.0 Å². The number of aliphatic hydroxyl groups excluding tert-OH is 1. The Morgan fingerprint density at radius 1 is 1.04 bits per heavy atom. The highest BCUT2D eigenvalue weighted by atomic mass is 32.2. The molecule has 242 valence electrons. The van der Waals surface area contributed by atoms with Crippen LogP contribution in [0.5, 0.6) is 0 Å². The minimum Gasteiger partial charge on any atom is -0.394 e. The van der Waals surface area contributed by atoms with Gasteiger partial charge in [-0.05, 0) is 49.3 Å². The molecule has 1 aromatic heterocycles. The number of nitrogens with zero attached hydrogens (tertiary/aromatic N) is 3. The number of nitrogens with one attached hydrogen (secondary N) is 2. The van der Waals surface area contributed by atoms with Crippen LogP contribution in [0.15, 0.2) is 76.6 Å². The molecule has 1 saturated heterocycles. The third-order valence-corrected chi connectivity index (χ3v) is 10.3. The zero-order valence-electron chi connectivity index (χ0n) is 24.8. The summed E-state index contributed by atoms with van der Waals surface area (Å²) in [4.78, 5) is 50.5. The van der Waals surface area contributed by atoms with E-state index >= 15 is 0 Å². The summed E-state index contributed by atoms with van der Waals surface area (Å²) in [5.41, 5.74) is 11.5. The summed E-state index contributed by atoms with van der Waals surface area (Å²) < 4.78 is 29.9. The van der Waals surface area contributed by atoms with Crippen molar-refractivity contribution in [1.82, 2.24) is 19.9 Å². The Kier molecular flexibility index (Phi) is 10.3. The van der Waals surface area contributed by atoms with Crippen LogP contribution in [0.1, 0.15) is 35.5 Å². The number of thiazole rings is 1. The molecule has 15 heteroatoms. The van der Waals surface area contributed by atoms with Gasteiger partial charge < -0.3 is 26.8 Å². The summed E-state index contributed by atoms with van der Waals surface area (Å²) in [6, 6.07) is 15.5. The number of aliphatic imine (C=N–C) groups is 1. The first kappa shape index (κ1) is 32.9. The van der Waals surface area contributed by atoms with Gasteiger partial charge in [-0.25, -0.2) is 13.4 Å². The van der Waals surface area contributed by atoms with Gasteiger partial charge in [-0.3, -0.25) is 19.4 Å². The van der Waals surface area contributed by atoms with Gasteiger partial charge in [0.15, 0.2) is 11.0 Å². The van der Waals surface area contributed by atoms with Crippen molar-refractivity contribution in [2.24, 2.45) is 16.5 Å². The number of carbonyl (C=O) groups excluding carboxylic acids is 3. The maximum Gasteiger partial charge on any atom is 0.243 e. The van der Waals surface area contributed by atoms with Crippen molar-refractivity contribution in [3.8, 4) is 0 Å². The average molecular weight is 666 g/mol. The number of benzene rings is 3. The van der Waals surface area contributed by atoms with Gasteiger partial charge in [-0.15, -0.1) is 11.3 Å². The molecule has 0 aliphatic carbocycles. The van der Waals surface area contributed by atoms with Crippen LogP contribution in [-0.4, -0.2) is 84.8 Å². The summed E-state index contributed by atoms with van der Waals surface area (Å²) in [5.74, 6) is -1.79. The number of nitrogens with two attached hydrogens (primary N) is 2. The highest BCUT2D eigenvalue weighted by Gasteiger charge is 2.40. The maximum absolute atomic E-state index is 13.6. The molecule has 3 aromatic carbocycles. The van der Waals surface area contributed by atoms with Crippen molar-refractivity contribution in [3.63, 3.8) is 0 Å². The van der Waals surface area contributed by atoms with Crippen molar-refractivity contribution in [1.29, 1.82) is 0 Å². The van der Waals surface area contributed by atoms with E-state index in [4.69, 9.17) is 11.5 Å². The molecule has 2 heterocycles. The Bertz CT molecular complexity index is 1850. The Hall–Kier alpha value is -4.44. The predicted molar refractivity (Wildman–Crippen MR) is 176 cm³/mol. The number of rotatable bonds is 13. The van der Waals surface area contributed by atoms with Crippen LogP contribution >= 0.6 is 11.3 Å². The number of aromatic nitrogens is 1. The van der Waals surface area contributed by atoms with Gasteiger partial charge in [0.25, 0.3) is 0 Å². The molecule has 7 N–H and O–H groups in total. The van der Waals surface area contributed by atoms with Crippen molar-refractivity contribution in [2.75, 3.05) is 19.7 Å². The quantitative estimate of drug-likeness (QED) is 0.0605. The van der Waals surface area contributed by atoms with Gasteiger partial charge in [-0.2, -0.15) is 4.72 Å². The first-order valence-electron chi connectivity index (χ1n) is 14.8. The minimum absolute atomic E-state index is 0.0375.